The fourth-order valence-electron chi connectivity index (χ4n) is 2.53. The smallest absolute Gasteiger partial charge is 0.254 e. The van der Waals surface area contributed by atoms with Crippen LogP contribution in [0.2, 0.25) is 0 Å². The van der Waals surface area contributed by atoms with E-state index in [1.807, 2.05) is 0 Å². The van der Waals surface area contributed by atoms with Gasteiger partial charge in [0.1, 0.15) is 0 Å². The number of sulfonamides is 1. The fourth-order valence-corrected chi connectivity index (χ4v) is 4.36. The van der Waals surface area contributed by atoms with Gasteiger partial charge in [-0.1, -0.05) is 0 Å². The molecule has 1 aliphatic carbocycles. The number of benzene rings is 1. The molecule has 0 radical (unpaired) electrons. The Labute approximate surface area is 127 Å². The van der Waals surface area contributed by atoms with Gasteiger partial charge in [-0.3, -0.25) is 4.79 Å². The Morgan fingerprint density at radius 1 is 1.05 bits per heavy atom. The first-order valence-corrected chi connectivity index (χ1v) is 8.63. The van der Waals surface area contributed by atoms with E-state index in [2.05, 4.69) is 0 Å². The standard InChI is InChI=1S/C14H16F2N2O3S/c15-12-4-1-10(9-13(12)16)14(19)17-5-7-18(8-6-17)22(20,21)11-2-3-11/h1,4,9,11H,2-3,5-8H2. The van der Waals surface area contributed by atoms with Gasteiger partial charge in [-0.15, -0.1) is 0 Å². The Hall–Kier alpha value is -1.54. The molecule has 5 nitrogen and oxygen atoms in total. The molecule has 1 aromatic carbocycles. The molecule has 1 amide bonds. The zero-order valence-corrected chi connectivity index (χ0v) is 12.7. The molecule has 0 atom stereocenters. The molecule has 0 N–H and O–H groups in total. The van der Waals surface area contributed by atoms with E-state index in [0.29, 0.717) is 12.8 Å². The van der Waals surface area contributed by atoms with Gasteiger partial charge in [-0.05, 0) is 31.0 Å². The number of carbonyl (C=O) groups excluding carboxylic acids is 1. The predicted octanol–water partition coefficient (Wildman–Crippen LogP) is 1.21. The van der Waals surface area contributed by atoms with Crippen LogP contribution in [0.15, 0.2) is 18.2 Å². The maximum absolute atomic E-state index is 13.2. The molecule has 1 heterocycles. The first-order valence-electron chi connectivity index (χ1n) is 7.13. The van der Waals surface area contributed by atoms with Gasteiger partial charge < -0.3 is 4.90 Å². The van der Waals surface area contributed by atoms with Crippen LogP contribution in [-0.4, -0.2) is 55.0 Å². The van der Waals surface area contributed by atoms with E-state index < -0.39 is 27.6 Å². The van der Waals surface area contributed by atoms with E-state index >= 15 is 0 Å². The van der Waals surface area contributed by atoms with Gasteiger partial charge in [0.15, 0.2) is 11.6 Å². The molecule has 3 rings (SSSR count). The van der Waals surface area contributed by atoms with Gasteiger partial charge in [-0.2, -0.15) is 4.31 Å². The van der Waals surface area contributed by atoms with Gasteiger partial charge in [0.05, 0.1) is 5.25 Å². The predicted molar refractivity (Wildman–Crippen MR) is 75.8 cm³/mol. The summed E-state index contributed by atoms with van der Waals surface area (Å²) in [6, 6.07) is 3.01. The van der Waals surface area contributed by atoms with Crippen LogP contribution < -0.4 is 0 Å². The Morgan fingerprint density at radius 3 is 2.23 bits per heavy atom. The van der Waals surface area contributed by atoms with Crippen molar-refractivity contribution in [3.05, 3.63) is 35.4 Å². The maximum atomic E-state index is 13.2. The van der Waals surface area contributed by atoms with Crippen molar-refractivity contribution in [3.8, 4) is 0 Å². The van der Waals surface area contributed by atoms with Crippen LogP contribution in [0, 0.1) is 11.6 Å². The van der Waals surface area contributed by atoms with Crippen LogP contribution in [-0.2, 0) is 10.0 Å². The summed E-state index contributed by atoms with van der Waals surface area (Å²) in [5.41, 5.74) is 0.0670. The van der Waals surface area contributed by atoms with Crippen molar-refractivity contribution in [2.45, 2.75) is 18.1 Å². The van der Waals surface area contributed by atoms with Gasteiger partial charge in [0.25, 0.3) is 5.91 Å². The van der Waals surface area contributed by atoms with E-state index in [-0.39, 0.29) is 37.0 Å². The molecule has 8 heteroatoms. The van der Waals surface area contributed by atoms with Gasteiger partial charge in [0.2, 0.25) is 10.0 Å². The van der Waals surface area contributed by atoms with E-state index in [9.17, 15) is 22.0 Å². The number of amides is 1. The minimum atomic E-state index is -3.23. The Bertz CT molecular complexity index is 696. The highest BCUT2D eigenvalue weighted by Gasteiger charge is 2.41. The van der Waals surface area contributed by atoms with Crippen molar-refractivity contribution in [1.82, 2.24) is 9.21 Å². The highest BCUT2D eigenvalue weighted by Crippen LogP contribution is 2.31. The molecule has 120 valence electrons. The molecule has 1 saturated carbocycles. The fraction of sp³-hybridized carbons (Fsp3) is 0.500. The lowest BCUT2D eigenvalue weighted by atomic mass is 10.1. The minimum absolute atomic E-state index is 0.0670. The molecule has 0 bridgehead atoms. The second-order valence-corrected chi connectivity index (χ2v) is 7.78. The Kier molecular flexibility index (Phi) is 3.90. The van der Waals surface area contributed by atoms with E-state index in [1.165, 1.54) is 15.3 Å². The maximum Gasteiger partial charge on any atom is 0.254 e. The molecule has 0 aromatic heterocycles. The first-order chi connectivity index (χ1) is 10.4. The molecule has 2 aliphatic rings. The molecule has 0 spiro atoms. The van der Waals surface area contributed by atoms with Gasteiger partial charge >= 0.3 is 0 Å². The second kappa shape index (κ2) is 5.58. The zero-order chi connectivity index (χ0) is 15.9. The van der Waals surface area contributed by atoms with Crippen LogP contribution in [0.1, 0.15) is 23.2 Å². The third kappa shape index (κ3) is 2.85. The summed E-state index contributed by atoms with van der Waals surface area (Å²) in [6.07, 6.45) is 1.41. The monoisotopic (exact) mass is 330 g/mol. The summed E-state index contributed by atoms with van der Waals surface area (Å²) < 4.78 is 51.7. The topological polar surface area (TPSA) is 57.7 Å². The first kappa shape index (κ1) is 15.4. The van der Waals surface area contributed by atoms with Crippen LogP contribution in [0.25, 0.3) is 0 Å². The quantitative estimate of drug-likeness (QED) is 0.837. The third-order valence-electron chi connectivity index (χ3n) is 4.00. The van der Waals surface area contributed by atoms with Crippen LogP contribution in [0.5, 0.6) is 0 Å². The second-order valence-electron chi connectivity index (χ2n) is 5.56. The number of rotatable bonds is 3. The highest BCUT2D eigenvalue weighted by atomic mass is 32.2. The van der Waals surface area contributed by atoms with E-state index in [1.54, 1.807) is 0 Å². The number of nitrogens with zero attached hydrogens (tertiary/aromatic N) is 2. The minimum Gasteiger partial charge on any atom is -0.336 e. The number of hydrogen-bond acceptors (Lipinski definition) is 3. The summed E-state index contributed by atoms with van der Waals surface area (Å²) in [6.45, 7) is 0.996. The van der Waals surface area contributed by atoms with Crippen LogP contribution in [0.3, 0.4) is 0 Å². The Morgan fingerprint density at radius 2 is 1.68 bits per heavy atom. The highest BCUT2D eigenvalue weighted by molar-refractivity contribution is 7.90. The molecular formula is C14H16F2N2O3S. The van der Waals surface area contributed by atoms with Crippen molar-refractivity contribution in [2.75, 3.05) is 26.2 Å². The molecule has 1 aromatic rings. The van der Waals surface area contributed by atoms with Crippen molar-refractivity contribution in [1.29, 1.82) is 0 Å². The Balaban J connectivity index is 1.65. The zero-order valence-electron chi connectivity index (χ0n) is 11.8. The normalized spacial score (nSPS) is 20.2. The number of halogens is 2. The molecule has 1 aliphatic heterocycles. The molecule has 22 heavy (non-hydrogen) atoms. The van der Waals surface area contributed by atoms with Crippen LogP contribution in [0.4, 0.5) is 8.78 Å². The lowest BCUT2D eigenvalue weighted by Gasteiger charge is -2.34. The van der Waals surface area contributed by atoms with E-state index in [0.717, 1.165) is 12.1 Å². The summed E-state index contributed by atoms with van der Waals surface area (Å²) >= 11 is 0. The average molecular weight is 330 g/mol. The van der Waals surface area contributed by atoms with Crippen molar-refractivity contribution in [3.63, 3.8) is 0 Å². The van der Waals surface area contributed by atoms with Crippen LogP contribution >= 0.6 is 0 Å². The lowest BCUT2D eigenvalue weighted by Crippen LogP contribution is -2.51. The number of piperazine rings is 1. The summed E-state index contributed by atoms with van der Waals surface area (Å²) in [4.78, 5) is 13.7. The van der Waals surface area contributed by atoms with E-state index in [4.69, 9.17) is 0 Å². The van der Waals surface area contributed by atoms with Crippen molar-refractivity contribution < 1.29 is 22.0 Å². The SMILES string of the molecule is O=C(c1ccc(F)c(F)c1)N1CCN(S(=O)(=O)C2CC2)CC1. The molecular weight excluding hydrogens is 314 g/mol. The number of hydrogen-bond donors (Lipinski definition) is 0. The average Bonchev–Trinajstić information content (AvgIpc) is 3.35. The molecule has 1 saturated heterocycles. The summed E-state index contributed by atoms with van der Waals surface area (Å²) in [7, 11) is -3.23. The number of carbonyl (C=O) groups is 1. The lowest BCUT2D eigenvalue weighted by molar-refractivity contribution is 0.0697. The molecule has 2 fully saturated rings. The van der Waals surface area contributed by atoms with Crippen molar-refractivity contribution in [2.24, 2.45) is 0 Å². The molecule has 0 unspecified atom stereocenters. The summed E-state index contributed by atoms with van der Waals surface area (Å²) in [5.74, 6) is -2.49. The van der Waals surface area contributed by atoms with Gasteiger partial charge in [0, 0.05) is 31.7 Å². The third-order valence-corrected chi connectivity index (χ3v) is 6.40. The van der Waals surface area contributed by atoms with Crippen molar-refractivity contribution >= 4 is 15.9 Å². The largest absolute Gasteiger partial charge is 0.336 e. The summed E-state index contributed by atoms with van der Waals surface area (Å²) in [5, 5.41) is -0.263. The van der Waals surface area contributed by atoms with Gasteiger partial charge in [-0.25, -0.2) is 17.2 Å².